The van der Waals surface area contributed by atoms with Gasteiger partial charge in [-0.1, -0.05) is 125 Å². The third-order valence-corrected chi connectivity index (χ3v) is 13.8. The van der Waals surface area contributed by atoms with Crippen molar-refractivity contribution in [2.45, 2.75) is 19.6 Å². The minimum atomic E-state index is 0.222. The molecule has 0 saturated heterocycles. The highest BCUT2D eigenvalue weighted by Gasteiger charge is 2.41. The fraction of sp³-hybridized carbons (Fsp3) is 0. The number of hydrogen-bond acceptors (Lipinski definition) is 2. The van der Waals surface area contributed by atoms with Gasteiger partial charge in [-0.25, -0.2) is 0 Å². The van der Waals surface area contributed by atoms with Crippen molar-refractivity contribution in [1.82, 2.24) is 9.13 Å². The van der Waals surface area contributed by atoms with Gasteiger partial charge < -0.3 is 9.13 Å². The molecule has 2 aromatic heterocycles. The van der Waals surface area contributed by atoms with Gasteiger partial charge in [-0.15, -0.1) is 0 Å². The zero-order chi connectivity index (χ0) is 30.8. The van der Waals surface area contributed by atoms with Crippen molar-refractivity contribution in [1.29, 1.82) is 0 Å². The quantitative estimate of drug-likeness (QED) is 0.176. The van der Waals surface area contributed by atoms with E-state index in [4.69, 9.17) is 0 Å². The van der Waals surface area contributed by atoms with Crippen LogP contribution < -0.4 is 32.8 Å². The summed E-state index contributed by atoms with van der Waals surface area (Å²) in [5, 5.41) is 5.36. The average molecular weight is 640 g/mol. The Morgan fingerprint density at radius 3 is 1.54 bits per heavy atom. The first-order chi connectivity index (χ1) is 23.8. The molecule has 0 atom stereocenters. The summed E-state index contributed by atoms with van der Waals surface area (Å²) in [7, 11) is 0. The molecule has 48 heavy (non-hydrogen) atoms. The molecule has 0 N–H and O–H groups in total. The van der Waals surface area contributed by atoms with Gasteiger partial charge >= 0.3 is 0 Å². The van der Waals surface area contributed by atoms with Gasteiger partial charge in [0.15, 0.2) is 0 Å². The highest BCUT2D eigenvalue weighted by Crippen LogP contribution is 2.45. The van der Waals surface area contributed by atoms with Crippen molar-refractivity contribution < 1.29 is 0 Å². The summed E-state index contributed by atoms with van der Waals surface area (Å²) >= 11 is 3.84. The molecule has 6 heteroatoms. The molecule has 4 aliphatic heterocycles. The van der Waals surface area contributed by atoms with Crippen molar-refractivity contribution in [2.24, 2.45) is 0 Å². The lowest BCUT2D eigenvalue weighted by molar-refractivity contribution is 1.17. The molecule has 218 valence electrons. The number of rotatable bonds is 0. The van der Waals surface area contributed by atoms with Crippen LogP contribution in [-0.4, -0.2) is 22.6 Å². The normalized spacial score (nSPS) is 14.4. The molecular weight excluding hydrogens is 618 g/mol. The number of benzene rings is 7. The van der Waals surface area contributed by atoms with E-state index in [2.05, 4.69) is 143 Å². The molecule has 13 rings (SSSR count). The average Bonchev–Trinajstić information content (AvgIpc) is 3.66. The van der Waals surface area contributed by atoms with Crippen LogP contribution in [0.5, 0.6) is 0 Å². The van der Waals surface area contributed by atoms with E-state index in [9.17, 15) is 0 Å². The predicted molar refractivity (Wildman–Crippen MR) is 206 cm³/mol. The summed E-state index contributed by atoms with van der Waals surface area (Å²) in [5.74, 6) is 0. The monoisotopic (exact) mass is 640 g/mol. The van der Waals surface area contributed by atoms with Gasteiger partial charge in [-0.2, -0.15) is 0 Å². The molecule has 0 aliphatic carbocycles. The van der Waals surface area contributed by atoms with Crippen LogP contribution in [0.4, 0.5) is 0 Å². The second-order valence-corrected chi connectivity index (χ2v) is 15.7. The maximum absolute atomic E-state index is 2.64. The highest BCUT2D eigenvalue weighted by molar-refractivity contribution is 8.00. The Morgan fingerprint density at radius 1 is 0.375 bits per heavy atom. The van der Waals surface area contributed by atoms with Crippen LogP contribution in [0.1, 0.15) is 0 Å². The number of nitrogens with zero attached hydrogens (tertiary/aromatic N) is 2. The Labute approximate surface area is 285 Å². The summed E-state index contributed by atoms with van der Waals surface area (Å²) in [4.78, 5) is 5.48. The van der Waals surface area contributed by atoms with E-state index in [0.717, 1.165) is 0 Å². The van der Waals surface area contributed by atoms with Gasteiger partial charge in [0.1, 0.15) is 0 Å². The molecule has 0 saturated carbocycles. The first kappa shape index (κ1) is 25.0. The standard InChI is InChI=1S/C42H22B2N2S2/c1-3-17-33-26(11-1)43-28-13-5-9-23-24-21-22-30-37(42(24)46(40(23)28)32-16-8-20-36(48-33)39(32)43)25-10-6-14-29-41(25)45(30)31-15-7-19-35-38(31)44(29)27-12-2-4-18-34(27)47-35/h1-22H. The van der Waals surface area contributed by atoms with Crippen molar-refractivity contribution in [3.8, 4) is 11.4 Å². The molecule has 0 spiro atoms. The van der Waals surface area contributed by atoms with Crippen molar-refractivity contribution in [2.75, 3.05) is 0 Å². The van der Waals surface area contributed by atoms with E-state index in [-0.39, 0.29) is 13.4 Å². The zero-order valence-electron chi connectivity index (χ0n) is 25.6. The summed E-state index contributed by atoms with van der Waals surface area (Å²) in [6, 6.07) is 50.8. The lowest BCUT2D eigenvalue weighted by Crippen LogP contribution is -2.58. The van der Waals surface area contributed by atoms with Gasteiger partial charge in [0.05, 0.1) is 11.0 Å². The van der Waals surface area contributed by atoms with Crippen molar-refractivity contribution >= 4 is 113 Å². The minimum Gasteiger partial charge on any atom is -0.310 e. The van der Waals surface area contributed by atoms with Gasteiger partial charge in [-0.05, 0) is 64.3 Å². The largest absolute Gasteiger partial charge is 0.310 e. The van der Waals surface area contributed by atoms with E-state index < -0.39 is 0 Å². The SMILES string of the molecule is c1ccc2c(c1)Sc1cccc3c1B2c1cccc2c4c(ccc5c6cccc7c6n(c54)-c4cccc5c4B7c4ccccc4S5)n-3c12. The van der Waals surface area contributed by atoms with E-state index in [1.54, 1.807) is 0 Å². The van der Waals surface area contributed by atoms with Crippen LogP contribution in [0.3, 0.4) is 0 Å². The van der Waals surface area contributed by atoms with E-state index in [1.807, 2.05) is 23.5 Å². The topological polar surface area (TPSA) is 9.86 Å². The Balaban J connectivity index is 1.24. The molecule has 2 nitrogen and oxygen atoms in total. The molecule has 0 amide bonds. The smallest absolute Gasteiger partial charge is 0.249 e. The Hall–Kier alpha value is -5.03. The summed E-state index contributed by atoms with van der Waals surface area (Å²) in [6.45, 7) is 0.449. The van der Waals surface area contributed by atoms with Crippen LogP contribution in [-0.2, 0) is 0 Å². The van der Waals surface area contributed by atoms with E-state index in [0.29, 0.717) is 0 Å². The molecule has 7 aromatic carbocycles. The van der Waals surface area contributed by atoms with Crippen molar-refractivity contribution in [3.05, 3.63) is 133 Å². The van der Waals surface area contributed by atoms with Crippen LogP contribution in [0, 0.1) is 0 Å². The minimum absolute atomic E-state index is 0.222. The van der Waals surface area contributed by atoms with E-state index in [1.165, 1.54) is 107 Å². The van der Waals surface area contributed by atoms with Gasteiger partial charge in [0.25, 0.3) is 0 Å². The van der Waals surface area contributed by atoms with Crippen molar-refractivity contribution in [3.63, 3.8) is 0 Å². The first-order valence-corrected chi connectivity index (χ1v) is 18.3. The van der Waals surface area contributed by atoms with Gasteiger partial charge in [0.2, 0.25) is 13.4 Å². The highest BCUT2D eigenvalue weighted by atomic mass is 32.2. The Kier molecular flexibility index (Phi) is 4.44. The molecule has 0 radical (unpaired) electrons. The maximum atomic E-state index is 2.64. The predicted octanol–water partition coefficient (Wildman–Crippen LogP) is 6.47. The van der Waals surface area contributed by atoms with E-state index >= 15 is 0 Å². The fourth-order valence-corrected chi connectivity index (χ4v) is 12.1. The second kappa shape index (κ2) is 8.51. The number of para-hydroxylation sites is 2. The Bertz CT molecular complexity index is 2990. The lowest BCUT2D eigenvalue weighted by Gasteiger charge is -2.33. The fourth-order valence-electron chi connectivity index (χ4n) is 9.74. The molecule has 6 heterocycles. The first-order valence-electron chi connectivity index (χ1n) is 16.7. The molecule has 0 unspecified atom stereocenters. The summed E-state index contributed by atoms with van der Waals surface area (Å²) < 4.78 is 5.23. The molecule has 4 aliphatic rings. The molecule has 0 fully saturated rings. The van der Waals surface area contributed by atoms with Crippen LogP contribution in [0.2, 0.25) is 0 Å². The Morgan fingerprint density at radius 2 is 0.875 bits per heavy atom. The summed E-state index contributed by atoms with van der Waals surface area (Å²) in [5.41, 5.74) is 16.5. The lowest BCUT2D eigenvalue weighted by atomic mass is 9.35. The third-order valence-electron chi connectivity index (χ3n) is 11.4. The molecule has 9 aromatic rings. The molecular formula is C42H22B2N2S2. The zero-order valence-corrected chi connectivity index (χ0v) is 27.2. The number of fused-ring (bicyclic) bond motifs is 15. The molecule has 0 bridgehead atoms. The summed E-state index contributed by atoms with van der Waals surface area (Å²) in [6.07, 6.45) is 0. The number of aromatic nitrogens is 2. The third kappa shape index (κ3) is 2.76. The number of hydrogen-bond donors (Lipinski definition) is 0. The van der Waals surface area contributed by atoms with Crippen LogP contribution in [0.15, 0.2) is 153 Å². The van der Waals surface area contributed by atoms with Crippen LogP contribution >= 0.6 is 23.5 Å². The van der Waals surface area contributed by atoms with Crippen LogP contribution in [0.25, 0.3) is 55.0 Å². The van der Waals surface area contributed by atoms with Gasteiger partial charge in [0, 0.05) is 63.5 Å². The maximum Gasteiger partial charge on any atom is 0.249 e. The second-order valence-electron chi connectivity index (χ2n) is 13.5. The van der Waals surface area contributed by atoms with Gasteiger partial charge in [-0.3, -0.25) is 0 Å².